The fourth-order valence-electron chi connectivity index (χ4n) is 3.54. The number of carboxylic acid groups (broad SMARTS) is 1. The molecule has 1 amide bonds. The van der Waals surface area contributed by atoms with E-state index in [1.165, 1.54) is 6.07 Å². The van der Waals surface area contributed by atoms with E-state index < -0.39 is 5.97 Å². The molecule has 0 bridgehead atoms. The van der Waals surface area contributed by atoms with Crippen LogP contribution in [0.2, 0.25) is 8.67 Å². The Morgan fingerprint density at radius 1 is 1.17 bits per heavy atom. The summed E-state index contributed by atoms with van der Waals surface area (Å²) in [5, 5.41) is 13.9. The average Bonchev–Trinajstić information content (AvgIpc) is 3.57. The van der Waals surface area contributed by atoms with Crippen LogP contribution in [0.25, 0.3) is 10.8 Å². The molecule has 0 radical (unpaired) electrons. The van der Waals surface area contributed by atoms with Crippen molar-refractivity contribution in [3.63, 3.8) is 0 Å². The summed E-state index contributed by atoms with van der Waals surface area (Å²) in [5.74, 6) is 0.707. The van der Waals surface area contributed by atoms with Crippen LogP contribution >= 0.6 is 45.9 Å². The Kier molecular flexibility index (Phi) is 8.68. The molecule has 0 spiro atoms. The fraction of sp³-hybridized carbons (Fsp3) is 0.240. The average molecular weight is 566 g/mol. The number of carbonyl (C=O) groups excluding carboxylic acids is 1. The molecular weight excluding hydrogens is 543 g/mol. The fourth-order valence-corrected chi connectivity index (χ4v) is 5.65. The van der Waals surface area contributed by atoms with Crippen LogP contribution in [0.3, 0.4) is 0 Å². The van der Waals surface area contributed by atoms with Crippen molar-refractivity contribution in [3.8, 4) is 16.5 Å². The Balaban J connectivity index is 1.42. The van der Waals surface area contributed by atoms with E-state index in [2.05, 4.69) is 10.3 Å². The Hall–Kier alpha value is -2.85. The van der Waals surface area contributed by atoms with E-state index in [4.69, 9.17) is 37.5 Å². The van der Waals surface area contributed by atoms with E-state index in [0.717, 1.165) is 38.8 Å². The summed E-state index contributed by atoms with van der Waals surface area (Å²) in [6.45, 7) is 2.44. The molecule has 36 heavy (non-hydrogen) atoms. The number of aryl methyl sites for hydroxylation is 2. The highest BCUT2D eigenvalue weighted by Crippen LogP contribution is 2.31. The van der Waals surface area contributed by atoms with Crippen LogP contribution in [-0.4, -0.2) is 28.6 Å². The van der Waals surface area contributed by atoms with Gasteiger partial charge in [0.05, 0.1) is 27.1 Å². The van der Waals surface area contributed by atoms with Gasteiger partial charge in [-0.2, -0.15) is 0 Å². The first kappa shape index (κ1) is 26.2. The lowest BCUT2D eigenvalue weighted by atomic mass is 10.0. The number of nitrogens with one attached hydrogen (secondary N) is 1. The van der Waals surface area contributed by atoms with Crippen molar-refractivity contribution < 1.29 is 23.8 Å². The zero-order valence-corrected chi connectivity index (χ0v) is 22.3. The standard InChI is InChI=1S/C25H22Cl2N2O5S2/c1-14-19(29-25(34-14)20-3-2-10-35-20)8-9-33-17-6-4-15(5-7-22(30)31)16(11-17)13-28-24(32)18-12-21(26)36-23(18)27/h2-4,6,10-12H,5,7-9,13H2,1H3,(H,28,32)(H,30,31). The van der Waals surface area contributed by atoms with Crippen molar-refractivity contribution in [3.05, 3.63) is 78.6 Å². The summed E-state index contributed by atoms with van der Waals surface area (Å²) in [7, 11) is 0. The first-order valence-corrected chi connectivity index (χ1v) is 13.4. The number of rotatable bonds is 11. The highest BCUT2D eigenvalue weighted by Gasteiger charge is 2.16. The van der Waals surface area contributed by atoms with Gasteiger partial charge in [-0.15, -0.1) is 22.7 Å². The number of thiophene rings is 2. The molecule has 4 rings (SSSR count). The minimum atomic E-state index is -0.894. The van der Waals surface area contributed by atoms with Crippen molar-refractivity contribution in [1.82, 2.24) is 10.3 Å². The third-order valence-corrected chi connectivity index (χ3v) is 7.70. The van der Waals surface area contributed by atoms with Crippen molar-refractivity contribution in [2.24, 2.45) is 0 Å². The maximum Gasteiger partial charge on any atom is 0.303 e. The number of nitrogens with zero attached hydrogens (tertiary/aromatic N) is 1. The van der Waals surface area contributed by atoms with E-state index in [9.17, 15) is 9.59 Å². The molecule has 2 N–H and O–H groups in total. The van der Waals surface area contributed by atoms with Crippen LogP contribution in [-0.2, 0) is 24.2 Å². The Labute approximate surface area is 225 Å². The van der Waals surface area contributed by atoms with Gasteiger partial charge in [0.2, 0.25) is 5.89 Å². The number of benzene rings is 1. The molecule has 0 aliphatic heterocycles. The molecule has 0 aliphatic carbocycles. The summed E-state index contributed by atoms with van der Waals surface area (Å²) < 4.78 is 12.5. The first-order chi connectivity index (χ1) is 17.3. The zero-order chi connectivity index (χ0) is 25.7. The Morgan fingerprint density at radius 3 is 2.69 bits per heavy atom. The molecule has 7 nitrogen and oxygen atoms in total. The van der Waals surface area contributed by atoms with Crippen LogP contribution in [0.1, 0.15) is 39.4 Å². The molecule has 0 saturated heterocycles. The number of carboxylic acids is 1. The lowest BCUT2D eigenvalue weighted by molar-refractivity contribution is -0.136. The second-order valence-corrected chi connectivity index (χ2v) is 11.1. The number of aromatic nitrogens is 1. The number of ether oxygens (including phenoxy) is 1. The minimum Gasteiger partial charge on any atom is -0.493 e. The summed E-state index contributed by atoms with van der Waals surface area (Å²) in [6.07, 6.45) is 0.867. The molecule has 11 heteroatoms. The molecule has 0 atom stereocenters. The Morgan fingerprint density at radius 2 is 2.00 bits per heavy atom. The lowest BCUT2D eigenvalue weighted by Crippen LogP contribution is -2.23. The van der Waals surface area contributed by atoms with Gasteiger partial charge in [-0.1, -0.05) is 35.3 Å². The third-order valence-electron chi connectivity index (χ3n) is 5.36. The molecule has 4 aromatic rings. The number of oxazole rings is 1. The van der Waals surface area contributed by atoms with E-state index in [1.54, 1.807) is 17.4 Å². The number of hydrogen-bond acceptors (Lipinski definition) is 7. The summed E-state index contributed by atoms with van der Waals surface area (Å²) in [5.41, 5.74) is 2.70. The molecular formula is C25H22Cl2N2O5S2. The maximum atomic E-state index is 12.6. The molecule has 0 aliphatic rings. The van der Waals surface area contributed by atoms with Gasteiger partial charge in [0.15, 0.2) is 0 Å². The predicted octanol–water partition coefficient (Wildman–Crippen LogP) is 6.65. The highest BCUT2D eigenvalue weighted by molar-refractivity contribution is 7.20. The van der Waals surface area contributed by atoms with Gasteiger partial charge >= 0.3 is 5.97 Å². The minimum absolute atomic E-state index is 0.0227. The predicted molar refractivity (Wildman–Crippen MR) is 142 cm³/mol. The van der Waals surface area contributed by atoms with Crippen LogP contribution in [0.4, 0.5) is 0 Å². The molecule has 0 unspecified atom stereocenters. The largest absolute Gasteiger partial charge is 0.493 e. The van der Waals surface area contributed by atoms with E-state index >= 15 is 0 Å². The second kappa shape index (κ2) is 11.9. The third kappa shape index (κ3) is 6.67. The molecule has 3 aromatic heterocycles. The number of amides is 1. The highest BCUT2D eigenvalue weighted by atomic mass is 35.5. The Bertz CT molecular complexity index is 1360. The summed E-state index contributed by atoms with van der Waals surface area (Å²) in [4.78, 5) is 29.2. The van der Waals surface area contributed by atoms with Gasteiger partial charge in [0.25, 0.3) is 5.91 Å². The first-order valence-electron chi connectivity index (χ1n) is 11.0. The van der Waals surface area contributed by atoms with E-state index in [1.807, 2.05) is 36.6 Å². The van der Waals surface area contributed by atoms with E-state index in [0.29, 0.717) is 45.3 Å². The van der Waals surface area contributed by atoms with Crippen molar-refractivity contribution in [2.45, 2.75) is 32.7 Å². The number of aliphatic carboxylic acids is 1. The van der Waals surface area contributed by atoms with Gasteiger partial charge < -0.3 is 19.6 Å². The topological polar surface area (TPSA) is 102 Å². The summed E-state index contributed by atoms with van der Waals surface area (Å²) >= 11 is 14.7. The number of halogens is 2. The molecule has 1 aromatic carbocycles. The van der Waals surface area contributed by atoms with Gasteiger partial charge in [0, 0.05) is 19.4 Å². The van der Waals surface area contributed by atoms with Gasteiger partial charge in [-0.25, -0.2) is 4.98 Å². The van der Waals surface area contributed by atoms with Crippen LogP contribution < -0.4 is 10.1 Å². The van der Waals surface area contributed by atoms with Crippen molar-refractivity contribution in [2.75, 3.05) is 6.61 Å². The van der Waals surface area contributed by atoms with Crippen molar-refractivity contribution >= 4 is 57.8 Å². The normalized spacial score (nSPS) is 11.0. The molecule has 188 valence electrons. The van der Waals surface area contributed by atoms with Gasteiger partial charge in [-0.05, 0) is 54.1 Å². The molecule has 0 saturated carbocycles. The van der Waals surface area contributed by atoms with Crippen LogP contribution in [0.15, 0.2) is 46.2 Å². The zero-order valence-electron chi connectivity index (χ0n) is 19.2. The lowest BCUT2D eigenvalue weighted by Gasteiger charge is -2.13. The quantitative estimate of drug-likeness (QED) is 0.211. The molecule has 3 heterocycles. The van der Waals surface area contributed by atoms with Crippen LogP contribution in [0.5, 0.6) is 5.75 Å². The van der Waals surface area contributed by atoms with E-state index in [-0.39, 0.29) is 18.9 Å². The SMILES string of the molecule is Cc1oc(-c2cccs2)nc1CCOc1ccc(CCC(=O)O)c(CNC(=O)c2cc(Cl)sc2Cl)c1. The maximum absolute atomic E-state index is 12.6. The monoisotopic (exact) mass is 564 g/mol. The number of hydrogen-bond donors (Lipinski definition) is 2. The number of carbonyl (C=O) groups is 2. The van der Waals surface area contributed by atoms with Crippen molar-refractivity contribution in [1.29, 1.82) is 0 Å². The smallest absolute Gasteiger partial charge is 0.303 e. The second-order valence-electron chi connectivity index (χ2n) is 7.84. The van der Waals surface area contributed by atoms with Gasteiger partial charge in [0.1, 0.15) is 15.8 Å². The summed E-state index contributed by atoms with van der Waals surface area (Å²) in [6, 6.07) is 10.9. The van der Waals surface area contributed by atoms with Crippen LogP contribution in [0, 0.1) is 6.92 Å². The van der Waals surface area contributed by atoms with Gasteiger partial charge in [-0.3, -0.25) is 9.59 Å². The molecule has 0 fully saturated rings.